The van der Waals surface area contributed by atoms with E-state index in [2.05, 4.69) is 5.32 Å². The molecule has 0 atom stereocenters. The maximum absolute atomic E-state index is 12.0. The summed E-state index contributed by atoms with van der Waals surface area (Å²) in [6, 6.07) is 8.39. The number of carbonyl (C=O) groups is 1. The van der Waals surface area contributed by atoms with Gasteiger partial charge in [-0.15, -0.1) is 0 Å². The van der Waals surface area contributed by atoms with E-state index in [1.165, 1.54) is 18.0 Å². The average Bonchev–Trinajstić information content (AvgIpc) is 2.42. The van der Waals surface area contributed by atoms with Gasteiger partial charge in [0.2, 0.25) is 5.91 Å². The fraction of sp³-hybridized carbons (Fsp3) is 0.429. The summed E-state index contributed by atoms with van der Waals surface area (Å²) in [4.78, 5) is 13.1. The monoisotopic (exact) mass is 299 g/mol. The molecular formula is C14H16F3N3O. The number of halogens is 3. The summed E-state index contributed by atoms with van der Waals surface area (Å²) in [6.07, 6.45) is -4.99. The number of nitrogens with one attached hydrogen (secondary N) is 1. The van der Waals surface area contributed by atoms with Crippen molar-refractivity contribution in [2.24, 2.45) is 0 Å². The van der Waals surface area contributed by atoms with Crippen LogP contribution in [-0.4, -0.2) is 37.1 Å². The van der Waals surface area contributed by atoms with E-state index in [0.717, 1.165) is 0 Å². The molecule has 1 N–H and O–H groups in total. The molecule has 4 nitrogen and oxygen atoms in total. The number of alkyl halides is 3. The number of nitriles is 1. The molecule has 0 aliphatic heterocycles. The van der Waals surface area contributed by atoms with Crippen molar-refractivity contribution < 1.29 is 18.0 Å². The Bertz CT molecular complexity index is 523. The molecule has 0 bridgehead atoms. The van der Waals surface area contributed by atoms with Crippen LogP contribution in [0.4, 0.5) is 18.9 Å². The van der Waals surface area contributed by atoms with Crippen LogP contribution in [0.25, 0.3) is 0 Å². The zero-order valence-corrected chi connectivity index (χ0v) is 11.6. The third kappa shape index (κ3) is 7.32. The Morgan fingerprint density at radius 2 is 2.10 bits per heavy atom. The van der Waals surface area contributed by atoms with Crippen molar-refractivity contribution in [3.63, 3.8) is 0 Å². The summed E-state index contributed by atoms with van der Waals surface area (Å²) >= 11 is 0. The van der Waals surface area contributed by atoms with Gasteiger partial charge in [-0.1, -0.05) is 6.07 Å². The SMILES string of the molecule is CN(CCC(=O)Nc1cccc(C#N)c1)CCC(F)(F)F. The normalized spacial score (nSPS) is 11.2. The molecule has 0 saturated carbocycles. The van der Waals surface area contributed by atoms with E-state index >= 15 is 0 Å². The van der Waals surface area contributed by atoms with Crippen molar-refractivity contribution in [3.8, 4) is 6.07 Å². The summed E-state index contributed by atoms with van der Waals surface area (Å²) in [6.45, 7) is 0.0978. The second-order valence-electron chi connectivity index (χ2n) is 4.66. The molecule has 1 aromatic rings. The van der Waals surface area contributed by atoms with E-state index < -0.39 is 12.6 Å². The highest BCUT2D eigenvalue weighted by molar-refractivity contribution is 5.90. The van der Waals surface area contributed by atoms with Crippen LogP contribution in [-0.2, 0) is 4.79 Å². The van der Waals surface area contributed by atoms with Crippen LogP contribution in [0, 0.1) is 11.3 Å². The first-order chi connectivity index (χ1) is 9.80. The van der Waals surface area contributed by atoms with E-state index in [1.54, 1.807) is 18.2 Å². The van der Waals surface area contributed by atoms with Crippen molar-refractivity contribution in [1.82, 2.24) is 4.90 Å². The van der Waals surface area contributed by atoms with Crippen LogP contribution >= 0.6 is 0 Å². The molecule has 0 radical (unpaired) electrons. The number of nitrogens with zero attached hydrogens (tertiary/aromatic N) is 2. The number of benzene rings is 1. The van der Waals surface area contributed by atoms with Gasteiger partial charge in [0.05, 0.1) is 18.1 Å². The highest BCUT2D eigenvalue weighted by atomic mass is 19.4. The van der Waals surface area contributed by atoms with Crippen molar-refractivity contribution in [1.29, 1.82) is 5.26 Å². The van der Waals surface area contributed by atoms with Gasteiger partial charge in [-0.05, 0) is 25.2 Å². The van der Waals surface area contributed by atoms with Crippen LogP contribution < -0.4 is 5.32 Å². The highest BCUT2D eigenvalue weighted by Crippen LogP contribution is 2.19. The molecule has 1 rings (SSSR count). The summed E-state index contributed by atoms with van der Waals surface area (Å²) in [7, 11) is 1.54. The van der Waals surface area contributed by atoms with Gasteiger partial charge in [-0.3, -0.25) is 4.79 Å². The lowest BCUT2D eigenvalue weighted by molar-refractivity contribution is -0.137. The average molecular weight is 299 g/mol. The number of carbonyl (C=O) groups excluding carboxylic acids is 1. The van der Waals surface area contributed by atoms with Crippen molar-refractivity contribution in [2.45, 2.75) is 19.0 Å². The van der Waals surface area contributed by atoms with Gasteiger partial charge in [-0.25, -0.2) is 0 Å². The molecule has 0 aromatic heterocycles. The largest absolute Gasteiger partial charge is 0.390 e. The number of anilines is 1. The number of hydrogen-bond donors (Lipinski definition) is 1. The van der Waals surface area contributed by atoms with Gasteiger partial charge < -0.3 is 10.2 Å². The molecule has 0 aliphatic carbocycles. The first kappa shape index (κ1) is 17.0. The molecule has 0 fully saturated rings. The Morgan fingerprint density at radius 1 is 1.38 bits per heavy atom. The van der Waals surface area contributed by atoms with Gasteiger partial charge >= 0.3 is 6.18 Å². The van der Waals surface area contributed by atoms with Crippen LogP contribution in [0.15, 0.2) is 24.3 Å². The van der Waals surface area contributed by atoms with Crippen molar-refractivity contribution in [3.05, 3.63) is 29.8 Å². The minimum atomic E-state index is -4.19. The Balaban J connectivity index is 2.35. The zero-order chi connectivity index (χ0) is 15.9. The van der Waals surface area contributed by atoms with Crippen molar-refractivity contribution in [2.75, 3.05) is 25.5 Å². The maximum Gasteiger partial charge on any atom is 0.390 e. The first-order valence-corrected chi connectivity index (χ1v) is 6.35. The van der Waals surface area contributed by atoms with E-state index in [-0.39, 0.29) is 25.4 Å². The molecular weight excluding hydrogens is 283 g/mol. The molecule has 0 spiro atoms. The third-order valence-corrected chi connectivity index (χ3v) is 2.77. The topological polar surface area (TPSA) is 56.1 Å². The summed E-state index contributed by atoms with van der Waals surface area (Å²) in [5.41, 5.74) is 0.923. The summed E-state index contributed by atoms with van der Waals surface area (Å²) < 4.78 is 36.1. The zero-order valence-electron chi connectivity index (χ0n) is 11.6. The van der Waals surface area contributed by atoms with E-state index in [9.17, 15) is 18.0 Å². The molecule has 0 heterocycles. The van der Waals surface area contributed by atoms with Crippen LogP contribution in [0.3, 0.4) is 0 Å². The molecule has 7 heteroatoms. The minimum absolute atomic E-state index is 0.0884. The molecule has 114 valence electrons. The van der Waals surface area contributed by atoms with Gasteiger partial charge in [0, 0.05) is 25.2 Å². The second-order valence-corrected chi connectivity index (χ2v) is 4.66. The molecule has 1 amide bonds. The Morgan fingerprint density at radius 3 is 2.71 bits per heavy atom. The van der Waals surface area contributed by atoms with Gasteiger partial charge in [-0.2, -0.15) is 18.4 Å². The smallest absolute Gasteiger partial charge is 0.326 e. The lowest BCUT2D eigenvalue weighted by Crippen LogP contribution is -2.28. The second kappa shape index (κ2) is 7.64. The third-order valence-electron chi connectivity index (χ3n) is 2.77. The molecule has 21 heavy (non-hydrogen) atoms. The number of rotatable bonds is 6. The van der Waals surface area contributed by atoms with Crippen LogP contribution in [0.5, 0.6) is 0 Å². The predicted octanol–water partition coefficient (Wildman–Crippen LogP) is 2.77. The van der Waals surface area contributed by atoms with E-state index in [0.29, 0.717) is 11.3 Å². The molecule has 0 unspecified atom stereocenters. The Hall–Kier alpha value is -2.07. The lowest BCUT2D eigenvalue weighted by atomic mass is 10.2. The molecule has 1 aromatic carbocycles. The standard InChI is InChI=1S/C14H16F3N3O/c1-20(8-6-14(15,16)17)7-5-13(21)19-12-4-2-3-11(9-12)10-18/h2-4,9H,5-8H2,1H3,(H,19,21). The van der Waals surface area contributed by atoms with Gasteiger partial charge in [0.25, 0.3) is 0 Å². The fourth-order valence-corrected chi connectivity index (χ4v) is 1.61. The maximum atomic E-state index is 12.0. The molecule has 0 saturated heterocycles. The van der Waals surface area contributed by atoms with Gasteiger partial charge in [0.15, 0.2) is 0 Å². The quantitative estimate of drug-likeness (QED) is 0.878. The van der Waals surface area contributed by atoms with E-state index in [4.69, 9.17) is 5.26 Å². The number of hydrogen-bond acceptors (Lipinski definition) is 3. The minimum Gasteiger partial charge on any atom is -0.326 e. The fourth-order valence-electron chi connectivity index (χ4n) is 1.61. The first-order valence-electron chi connectivity index (χ1n) is 6.35. The predicted molar refractivity (Wildman–Crippen MR) is 72.6 cm³/mol. The van der Waals surface area contributed by atoms with Crippen LogP contribution in [0.2, 0.25) is 0 Å². The Kier molecular flexibility index (Phi) is 6.18. The summed E-state index contributed by atoms with van der Waals surface area (Å²) in [5, 5.41) is 11.3. The van der Waals surface area contributed by atoms with Crippen LogP contribution in [0.1, 0.15) is 18.4 Å². The van der Waals surface area contributed by atoms with Gasteiger partial charge in [0.1, 0.15) is 0 Å². The van der Waals surface area contributed by atoms with E-state index in [1.807, 2.05) is 6.07 Å². The molecule has 0 aliphatic rings. The van der Waals surface area contributed by atoms with Crippen molar-refractivity contribution >= 4 is 11.6 Å². The number of amides is 1. The highest BCUT2D eigenvalue weighted by Gasteiger charge is 2.27. The Labute approximate surface area is 121 Å². The summed E-state index contributed by atoms with van der Waals surface area (Å²) in [5.74, 6) is -0.302. The lowest BCUT2D eigenvalue weighted by Gasteiger charge is -2.17.